The third-order valence-corrected chi connectivity index (χ3v) is 4.77. The molecule has 0 N–H and O–H groups in total. The number of benzene rings is 1. The molecule has 0 spiro atoms. The lowest BCUT2D eigenvalue weighted by Gasteiger charge is -2.41. The van der Waals surface area contributed by atoms with E-state index in [9.17, 15) is 0 Å². The van der Waals surface area contributed by atoms with E-state index in [1.807, 2.05) is 0 Å². The van der Waals surface area contributed by atoms with Crippen LogP contribution in [0.5, 0.6) is 0 Å². The minimum Gasteiger partial charge on any atom is -0.381 e. The van der Waals surface area contributed by atoms with Crippen molar-refractivity contribution < 1.29 is 4.74 Å². The van der Waals surface area contributed by atoms with E-state index in [1.165, 1.54) is 38.0 Å². The van der Waals surface area contributed by atoms with Gasteiger partial charge in [0.1, 0.15) is 0 Å². The van der Waals surface area contributed by atoms with Gasteiger partial charge in [-0.3, -0.25) is 9.80 Å². The van der Waals surface area contributed by atoms with Gasteiger partial charge in [-0.05, 0) is 31.4 Å². The quantitative estimate of drug-likeness (QED) is 0.842. The summed E-state index contributed by atoms with van der Waals surface area (Å²) in [6, 6.07) is 11.5. The van der Waals surface area contributed by atoms with E-state index in [0.717, 1.165) is 25.7 Å². The van der Waals surface area contributed by atoms with E-state index in [2.05, 4.69) is 47.2 Å². The predicted octanol–water partition coefficient (Wildman–Crippen LogP) is 2.40. The second kappa shape index (κ2) is 6.70. The van der Waals surface area contributed by atoms with Crippen LogP contribution in [-0.2, 0) is 4.74 Å². The van der Waals surface area contributed by atoms with Gasteiger partial charge in [0.2, 0.25) is 0 Å². The molecule has 0 unspecified atom stereocenters. The van der Waals surface area contributed by atoms with Crippen molar-refractivity contribution in [2.24, 2.45) is 5.92 Å². The molecule has 0 aliphatic carbocycles. The Morgan fingerprint density at radius 1 is 1.10 bits per heavy atom. The monoisotopic (exact) mass is 274 g/mol. The Labute approximate surface area is 122 Å². The van der Waals surface area contributed by atoms with E-state index in [-0.39, 0.29) is 0 Å². The number of rotatable bonds is 3. The molecule has 2 aliphatic heterocycles. The van der Waals surface area contributed by atoms with E-state index in [4.69, 9.17) is 4.74 Å². The maximum absolute atomic E-state index is 5.47. The third kappa shape index (κ3) is 3.40. The molecule has 3 heteroatoms. The SMILES string of the molecule is CN1CCN(CC2CCOCC2)C[C@H]1c1ccccc1. The summed E-state index contributed by atoms with van der Waals surface area (Å²) in [5, 5.41) is 0. The standard InChI is InChI=1S/C17H26N2O/c1-18-9-10-19(13-15-7-11-20-12-8-15)14-17(18)16-5-3-2-4-6-16/h2-6,15,17H,7-14H2,1H3/t17-/m0/s1. The van der Waals surface area contributed by atoms with Gasteiger partial charge < -0.3 is 4.74 Å². The molecule has 3 rings (SSSR count). The average Bonchev–Trinajstić information content (AvgIpc) is 2.51. The van der Waals surface area contributed by atoms with Crippen molar-refractivity contribution in [2.45, 2.75) is 18.9 Å². The third-order valence-electron chi connectivity index (χ3n) is 4.77. The second-order valence-electron chi connectivity index (χ2n) is 6.22. The van der Waals surface area contributed by atoms with E-state index >= 15 is 0 Å². The first kappa shape index (κ1) is 14.1. The Bertz CT molecular complexity index is 403. The minimum atomic E-state index is 0.546. The van der Waals surface area contributed by atoms with Crippen LogP contribution in [0.15, 0.2) is 30.3 Å². The van der Waals surface area contributed by atoms with E-state index in [1.54, 1.807) is 0 Å². The van der Waals surface area contributed by atoms with Crippen LogP contribution in [0.25, 0.3) is 0 Å². The lowest BCUT2D eigenvalue weighted by Crippen LogP contribution is -2.48. The molecule has 2 aliphatic rings. The molecule has 1 aromatic carbocycles. The summed E-state index contributed by atoms with van der Waals surface area (Å²) in [7, 11) is 2.25. The molecule has 2 heterocycles. The molecule has 1 atom stereocenters. The summed E-state index contributed by atoms with van der Waals surface area (Å²) in [5.41, 5.74) is 1.45. The number of nitrogens with zero attached hydrogens (tertiary/aromatic N) is 2. The Balaban J connectivity index is 1.61. The molecule has 2 fully saturated rings. The first-order chi connectivity index (χ1) is 9.83. The summed E-state index contributed by atoms with van der Waals surface area (Å²) < 4.78 is 5.47. The van der Waals surface area contributed by atoms with Gasteiger partial charge in [0, 0.05) is 45.4 Å². The Kier molecular flexibility index (Phi) is 4.71. The van der Waals surface area contributed by atoms with Crippen molar-refractivity contribution >= 4 is 0 Å². The van der Waals surface area contributed by atoms with Gasteiger partial charge in [0.15, 0.2) is 0 Å². The molecule has 0 saturated carbocycles. The molecule has 0 radical (unpaired) electrons. The van der Waals surface area contributed by atoms with Gasteiger partial charge in [-0.15, -0.1) is 0 Å². The molecule has 3 nitrogen and oxygen atoms in total. The van der Waals surface area contributed by atoms with Gasteiger partial charge >= 0.3 is 0 Å². The Hall–Kier alpha value is -0.900. The lowest BCUT2D eigenvalue weighted by molar-refractivity contribution is 0.0333. The summed E-state index contributed by atoms with van der Waals surface area (Å²) in [6.45, 7) is 6.71. The molecule has 0 aromatic heterocycles. The summed E-state index contributed by atoms with van der Waals surface area (Å²) in [4.78, 5) is 5.16. The smallest absolute Gasteiger partial charge is 0.0472 e. The number of ether oxygens (including phenoxy) is 1. The van der Waals surface area contributed by atoms with Gasteiger partial charge in [-0.1, -0.05) is 30.3 Å². The van der Waals surface area contributed by atoms with Crippen LogP contribution in [0.1, 0.15) is 24.4 Å². The summed E-state index contributed by atoms with van der Waals surface area (Å²) >= 11 is 0. The van der Waals surface area contributed by atoms with Crippen LogP contribution in [0, 0.1) is 5.92 Å². The maximum Gasteiger partial charge on any atom is 0.0472 e. The largest absolute Gasteiger partial charge is 0.381 e. The second-order valence-corrected chi connectivity index (χ2v) is 6.22. The highest BCUT2D eigenvalue weighted by Gasteiger charge is 2.27. The normalized spacial score (nSPS) is 26.8. The topological polar surface area (TPSA) is 15.7 Å². The molecule has 110 valence electrons. The highest BCUT2D eigenvalue weighted by Crippen LogP contribution is 2.25. The highest BCUT2D eigenvalue weighted by atomic mass is 16.5. The zero-order valence-electron chi connectivity index (χ0n) is 12.5. The summed E-state index contributed by atoms with van der Waals surface area (Å²) in [5.74, 6) is 0.837. The predicted molar refractivity (Wildman–Crippen MR) is 81.8 cm³/mol. The first-order valence-electron chi connectivity index (χ1n) is 7.88. The van der Waals surface area contributed by atoms with Gasteiger partial charge in [-0.2, -0.15) is 0 Å². The Morgan fingerprint density at radius 3 is 2.60 bits per heavy atom. The van der Waals surface area contributed by atoms with Gasteiger partial charge in [0.05, 0.1) is 0 Å². The van der Waals surface area contributed by atoms with Crippen LogP contribution in [0.4, 0.5) is 0 Å². The fourth-order valence-corrected chi connectivity index (χ4v) is 3.43. The molecule has 2 saturated heterocycles. The zero-order chi connectivity index (χ0) is 13.8. The highest BCUT2D eigenvalue weighted by molar-refractivity contribution is 5.20. The van der Waals surface area contributed by atoms with Gasteiger partial charge in [-0.25, -0.2) is 0 Å². The summed E-state index contributed by atoms with van der Waals surface area (Å²) in [6.07, 6.45) is 2.48. The molecule has 0 amide bonds. The molecular weight excluding hydrogens is 248 g/mol. The molecule has 0 bridgehead atoms. The maximum atomic E-state index is 5.47. The first-order valence-corrected chi connectivity index (χ1v) is 7.88. The fraction of sp³-hybridized carbons (Fsp3) is 0.647. The van der Waals surface area contributed by atoms with Crippen molar-refractivity contribution in [1.82, 2.24) is 9.80 Å². The molecule has 20 heavy (non-hydrogen) atoms. The van der Waals surface area contributed by atoms with Crippen molar-refractivity contribution in [3.8, 4) is 0 Å². The van der Waals surface area contributed by atoms with Crippen LogP contribution in [0.2, 0.25) is 0 Å². The van der Waals surface area contributed by atoms with Crippen molar-refractivity contribution in [3.63, 3.8) is 0 Å². The zero-order valence-corrected chi connectivity index (χ0v) is 12.5. The van der Waals surface area contributed by atoms with Crippen LogP contribution >= 0.6 is 0 Å². The molecule has 1 aromatic rings. The fourth-order valence-electron chi connectivity index (χ4n) is 3.43. The van der Waals surface area contributed by atoms with Crippen LogP contribution in [-0.4, -0.2) is 56.2 Å². The Morgan fingerprint density at radius 2 is 1.85 bits per heavy atom. The molecular formula is C17H26N2O. The van der Waals surface area contributed by atoms with E-state index in [0.29, 0.717) is 6.04 Å². The van der Waals surface area contributed by atoms with Crippen LogP contribution < -0.4 is 0 Å². The van der Waals surface area contributed by atoms with Crippen LogP contribution in [0.3, 0.4) is 0 Å². The lowest BCUT2D eigenvalue weighted by atomic mass is 9.97. The van der Waals surface area contributed by atoms with E-state index < -0.39 is 0 Å². The number of hydrogen-bond acceptors (Lipinski definition) is 3. The number of likely N-dealkylation sites (N-methyl/N-ethyl adjacent to an activating group) is 1. The minimum absolute atomic E-state index is 0.546. The van der Waals surface area contributed by atoms with Crippen molar-refractivity contribution in [2.75, 3.05) is 46.4 Å². The number of piperazine rings is 1. The van der Waals surface area contributed by atoms with Crippen molar-refractivity contribution in [3.05, 3.63) is 35.9 Å². The van der Waals surface area contributed by atoms with Gasteiger partial charge in [0.25, 0.3) is 0 Å². The number of hydrogen-bond donors (Lipinski definition) is 0. The van der Waals surface area contributed by atoms with Crippen molar-refractivity contribution in [1.29, 1.82) is 0 Å². The average molecular weight is 274 g/mol.